The van der Waals surface area contributed by atoms with E-state index in [0.717, 1.165) is 38.8 Å². The van der Waals surface area contributed by atoms with Gasteiger partial charge in [-0.05, 0) is 38.5 Å². The third-order valence-electron chi connectivity index (χ3n) is 3.92. The predicted octanol–water partition coefficient (Wildman–Crippen LogP) is 1.71. The molecule has 18 heavy (non-hydrogen) atoms. The lowest BCUT2D eigenvalue weighted by Crippen LogP contribution is -2.40. The molecule has 2 atom stereocenters. The number of amides is 1. The van der Waals surface area contributed by atoms with Gasteiger partial charge in [0.15, 0.2) is 0 Å². The molecule has 0 spiro atoms. The van der Waals surface area contributed by atoms with E-state index in [4.69, 9.17) is 10.5 Å². The van der Waals surface area contributed by atoms with Gasteiger partial charge in [0.2, 0.25) is 5.91 Å². The SMILES string of the molecule is Cl.NCC1CCCN1C(=O)CCC1CCCCO1. The number of likely N-dealkylation sites (tertiary alicyclic amines) is 1. The van der Waals surface area contributed by atoms with Crippen molar-refractivity contribution in [3.63, 3.8) is 0 Å². The highest BCUT2D eigenvalue weighted by atomic mass is 35.5. The Kier molecular flexibility index (Phi) is 6.97. The van der Waals surface area contributed by atoms with Crippen molar-refractivity contribution >= 4 is 18.3 Å². The van der Waals surface area contributed by atoms with Gasteiger partial charge in [-0.25, -0.2) is 0 Å². The van der Waals surface area contributed by atoms with Gasteiger partial charge in [0, 0.05) is 32.2 Å². The van der Waals surface area contributed by atoms with E-state index in [1.54, 1.807) is 0 Å². The molecule has 0 radical (unpaired) electrons. The van der Waals surface area contributed by atoms with Crippen molar-refractivity contribution in [2.75, 3.05) is 19.7 Å². The Morgan fingerprint density at radius 2 is 2.11 bits per heavy atom. The number of rotatable bonds is 4. The molecule has 0 bridgehead atoms. The van der Waals surface area contributed by atoms with E-state index in [1.165, 1.54) is 12.8 Å². The summed E-state index contributed by atoms with van der Waals surface area (Å²) in [7, 11) is 0. The van der Waals surface area contributed by atoms with Gasteiger partial charge in [-0.1, -0.05) is 0 Å². The molecule has 2 fully saturated rings. The molecule has 0 aliphatic carbocycles. The lowest BCUT2D eigenvalue weighted by molar-refractivity contribution is -0.132. The fourth-order valence-corrected chi connectivity index (χ4v) is 2.87. The highest BCUT2D eigenvalue weighted by Gasteiger charge is 2.27. The Bertz CT molecular complexity index is 257. The summed E-state index contributed by atoms with van der Waals surface area (Å²) >= 11 is 0. The minimum absolute atomic E-state index is 0. The Balaban J connectivity index is 0.00000162. The first-order valence-corrected chi connectivity index (χ1v) is 6.92. The van der Waals surface area contributed by atoms with Crippen LogP contribution in [0, 0.1) is 0 Å². The van der Waals surface area contributed by atoms with Crippen molar-refractivity contribution in [3.8, 4) is 0 Å². The zero-order chi connectivity index (χ0) is 12.1. The number of hydrogen-bond acceptors (Lipinski definition) is 3. The van der Waals surface area contributed by atoms with Crippen molar-refractivity contribution < 1.29 is 9.53 Å². The van der Waals surface area contributed by atoms with E-state index in [9.17, 15) is 4.79 Å². The second-order valence-electron chi connectivity index (χ2n) is 5.15. The van der Waals surface area contributed by atoms with Crippen molar-refractivity contribution in [1.29, 1.82) is 0 Å². The number of nitrogens with zero attached hydrogens (tertiary/aromatic N) is 1. The van der Waals surface area contributed by atoms with Gasteiger partial charge in [-0.15, -0.1) is 12.4 Å². The molecule has 1 amide bonds. The van der Waals surface area contributed by atoms with E-state index >= 15 is 0 Å². The molecular formula is C13H25ClN2O2. The zero-order valence-corrected chi connectivity index (χ0v) is 11.8. The average Bonchev–Trinajstić information content (AvgIpc) is 2.85. The molecule has 0 aromatic rings. The number of carbonyl (C=O) groups is 1. The van der Waals surface area contributed by atoms with Crippen LogP contribution in [0.3, 0.4) is 0 Å². The van der Waals surface area contributed by atoms with Crippen LogP contribution in [0.4, 0.5) is 0 Å². The van der Waals surface area contributed by atoms with Crippen LogP contribution in [0.15, 0.2) is 0 Å². The molecule has 2 N–H and O–H groups in total. The maximum Gasteiger partial charge on any atom is 0.222 e. The van der Waals surface area contributed by atoms with E-state index in [-0.39, 0.29) is 24.4 Å². The van der Waals surface area contributed by atoms with Crippen LogP contribution in [0.25, 0.3) is 0 Å². The van der Waals surface area contributed by atoms with Gasteiger partial charge in [0.1, 0.15) is 0 Å². The van der Waals surface area contributed by atoms with Crippen LogP contribution >= 0.6 is 12.4 Å². The van der Waals surface area contributed by atoms with Gasteiger partial charge >= 0.3 is 0 Å². The maximum atomic E-state index is 12.1. The zero-order valence-electron chi connectivity index (χ0n) is 11.0. The van der Waals surface area contributed by atoms with Gasteiger partial charge < -0.3 is 15.4 Å². The topological polar surface area (TPSA) is 55.6 Å². The minimum Gasteiger partial charge on any atom is -0.378 e. The molecule has 0 aromatic carbocycles. The molecule has 2 rings (SSSR count). The van der Waals surface area contributed by atoms with Gasteiger partial charge in [0.25, 0.3) is 0 Å². The van der Waals surface area contributed by atoms with Crippen LogP contribution < -0.4 is 5.73 Å². The monoisotopic (exact) mass is 276 g/mol. The maximum absolute atomic E-state index is 12.1. The fourth-order valence-electron chi connectivity index (χ4n) is 2.87. The molecule has 2 aliphatic rings. The second-order valence-corrected chi connectivity index (χ2v) is 5.15. The summed E-state index contributed by atoms with van der Waals surface area (Å²) in [5, 5.41) is 0. The first-order valence-electron chi connectivity index (χ1n) is 6.92. The van der Waals surface area contributed by atoms with Crippen molar-refractivity contribution in [2.45, 2.75) is 57.1 Å². The number of nitrogens with two attached hydrogens (primary N) is 1. The number of ether oxygens (including phenoxy) is 1. The lowest BCUT2D eigenvalue weighted by Gasteiger charge is -2.26. The Hall–Kier alpha value is -0.320. The third-order valence-corrected chi connectivity index (χ3v) is 3.92. The fraction of sp³-hybridized carbons (Fsp3) is 0.923. The molecular weight excluding hydrogens is 252 g/mol. The molecule has 0 aromatic heterocycles. The van der Waals surface area contributed by atoms with E-state index in [0.29, 0.717) is 19.1 Å². The van der Waals surface area contributed by atoms with Crippen LogP contribution in [-0.2, 0) is 9.53 Å². The Morgan fingerprint density at radius 1 is 1.28 bits per heavy atom. The molecule has 5 heteroatoms. The summed E-state index contributed by atoms with van der Waals surface area (Å²) in [6.45, 7) is 2.37. The third kappa shape index (κ3) is 4.11. The summed E-state index contributed by atoms with van der Waals surface area (Å²) in [6.07, 6.45) is 7.53. The molecule has 106 valence electrons. The van der Waals surface area contributed by atoms with Crippen LogP contribution in [-0.4, -0.2) is 42.6 Å². The largest absolute Gasteiger partial charge is 0.378 e. The quantitative estimate of drug-likeness (QED) is 0.850. The van der Waals surface area contributed by atoms with E-state index < -0.39 is 0 Å². The van der Waals surface area contributed by atoms with E-state index in [2.05, 4.69) is 0 Å². The van der Waals surface area contributed by atoms with Crippen molar-refractivity contribution in [1.82, 2.24) is 4.90 Å². The normalized spacial score (nSPS) is 27.9. The Labute approximate surface area is 116 Å². The molecule has 2 saturated heterocycles. The molecule has 4 nitrogen and oxygen atoms in total. The first-order chi connectivity index (χ1) is 8.31. The molecule has 2 heterocycles. The molecule has 2 aliphatic heterocycles. The highest BCUT2D eigenvalue weighted by Crippen LogP contribution is 2.21. The van der Waals surface area contributed by atoms with Crippen LogP contribution in [0.2, 0.25) is 0 Å². The van der Waals surface area contributed by atoms with Gasteiger partial charge in [-0.2, -0.15) is 0 Å². The summed E-state index contributed by atoms with van der Waals surface area (Å²) in [4.78, 5) is 14.0. The molecule has 2 unspecified atom stereocenters. The number of hydrogen-bond donors (Lipinski definition) is 1. The highest BCUT2D eigenvalue weighted by molar-refractivity contribution is 5.85. The summed E-state index contributed by atoms with van der Waals surface area (Å²) in [6, 6.07) is 0.287. The van der Waals surface area contributed by atoms with Crippen LogP contribution in [0.1, 0.15) is 44.9 Å². The molecule has 0 saturated carbocycles. The van der Waals surface area contributed by atoms with Gasteiger partial charge in [0.05, 0.1) is 6.10 Å². The summed E-state index contributed by atoms with van der Waals surface area (Å²) in [5.41, 5.74) is 5.68. The average molecular weight is 277 g/mol. The summed E-state index contributed by atoms with van der Waals surface area (Å²) in [5.74, 6) is 0.270. The van der Waals surface area contributed by atoms with Crippen molar-refractivity contribution in [3.05, 3.63) is 0 Å². The predicted molar refractivity (Wildman–Crippen MR) is 73.9 cm³/mol. The smallest absolute Gasteiger partial charge is 0.222 e. The summed E-state index contributed by atoms with van der Waals surface area (Å²) < 4.78 is 5.65. The number of carbonyl (C=O) groups excluding carboxylic acids is 1. The standard InChI is InChI=1S/C13H24N2O2.ClH/c14-10-11-4-3-8-15(11)13(16)7-6-12-5-1-2-9-17-12;/h11-12H,1-10,14H2;1H. The minimum atomic E-state index is 0. The van der Waals surface area contributed by atoms with E-state index in [1.807, 2.05) is 4.90 Å². The van der Waals surface area contributed by atoms with Crippen LogP contribution in [0.5, 0.6) is 0 Å². The Morgan fingerprint density at radius 3 is 2.78 bits per heavy atom. The van der Waals surface area contributed by atoms with Crippen molar-refractivity contribution in [2.24, 2.45) is 5.73 Å². The van der Waals surface area contributed by atoms with Gasteiger partial charge in [-0.3, -0.25) is 4.79 Å². The second kappa shape index (κ2) is 7.97. The number of halogens is 1. The first kappa shape index (κ1) is 15.7. The lowest BCUT2D eigenvalue weighted by atomic mass is 10.0.